The van der Waals surface area contributed by atoms with Gasteiger partial charge in [-0.25, -0.2) is 0 Å². The van der Waals surface area contributed by atoms with Crippen LogP contribution in [0.1, 0.15) is 25.3 Å². The van der Waals surface area contributed by atoms with Crippen molar-refractivity contribution in [2.24, 2.45) is 0 Å². The van der Waals surface area contributed by atoms with Crippen LogP contribution in [0.15, 0.2) is 18.2 Å². The molecule has 0 bridgehead atoms. The number of hydrogen-bond donors (Lipinski definition) is 1. The first kappa shape index (κ1) is 12.2. The number of hydrogen-bond acceptors (Lipinski definition) is 3. The SMILES string of the molecule is COc1ccc(N(C)CS)cc1C(C)C. The summed E-state index contributed by atoms with van der Waals surface area (Å²) in [5.74, 6) is 2.14. The van der Waals surface area contributed by atoms with E-state index in [1.165, 1.54) is 11.3 Å². The highest BCUT2D eigenvalue weighted by Crippen LogP contribution is 2.30. The lowest BCUT2D eigenvalue weighted by Gasteiger charge is -2.19. The monoisotopic (exact) mass is 225 g/mol. The summed E-state index contributed by atoms with van der Waals surface area (Å²) in [4.78, 5) is 2.09. The molecule has 0 fully saturated rings. The van der Waals surface area contributed by atoms with E-state index in [9.17, 15) is 0 Å². The zero-order valence-corrected chi connectivity index (χ0v) is 10.7. The average molecular weight is 225 g/mol. The van der Waals surface area contributed by atoms with Crippen LogP contribution in [0.4, 0.5) is 5.69 Å². The molecule has 1 rings (SSSR count). The van der Waals surface area contributed by atoms with Crippen LogP contribution in [0.2, 0.25) is 0 Å². The minimum atomic E-state index is 0.466. The number of ether oxygens (including phenoxy) is 1. The molecule has 0 aliphatic heterocycles. The molecular weight excluding hydrogens is 206 g/mol. The number of rotatable bonds is 4. The predicted octanol–water partition coefficient (Wildman–Crippen LogP) is 3.14. The van der Waals surface area contributed by atoms with Crippen LogP contribution in [-0.4, -0.2) is 20.0 Å². The van der Waals surface area contributed by atoms with E-state index in [4.69, 9.17) is 4.74 Å². The van der Waals surface area contributed by atoms with Crippen molar-refractivity contribution in [1.82, 2.24) is 0 Å². The molecule has 0 spiro atoms. The van der Waals surface area contributed by atoms with Gasteiger partial charge in [0.05, 0.1) is 13.0 Å². The van der Waals surface area contributed by atoms with Gasteiger partial charge in [-0.1, -0.05) is 13.8 Å². The van der Waals surface area contributed by atoms with Crippen LogP contribution in [0.5, 0.6) is 5.75 Å². The lowest BCUT2D eigenvalue weighted by atomic mass is 10.0. The van der Waals surface area contributed by atoms with E-state index in [0.717, 1.165) is 5.75 Å². The van der Waals surface area contributed by atoms with Gasteiger partial charge < -0.3 is 9.64 Å². The van der Waals surface area contributed by atoms with Crippen LogP contribution in [0, 0.1) is 0 Å². The minimum absolute atomic E-state index is 0.466. The Bertz CT molecular complexity index is 325. The van der Waals surface area contributed by atoms with Crippen molar-refractivity contribution in [2.75, 3.05) is 24.9 Å². The van der Waals surface area contributed by atoms with Gasteiger partial charge in [-0.3, -0.25) is 0 Å². The summed E-state index contributed by atoms with van der Waals surface area (Å²) in [6.07, 6.45) is 0. The molecule has 0 saturated heterocycles. The third-order valence-corrected chi connectivity index (χ3v) is 2.91. The molecule has 1 aromatic carbocycles. The van der Waals surface area contributed by atoms with Gasteiger partial charge in [0.2, 0.25) is 0 Å². The maximum Gasteiger partial charge on any atom is 0.122 e. The summed E-state index contributed by atoms with van der Waals surface area (Å²) < 4.78 is 5.34. The zero-order chi connectivity index (χ0) is 11.4. The van der Waals surface area contributed by atoms with Gasteiger partial charge in [0.15, 0.2) is 0 Å². The quantitative estimate of drug-likeness (QED) is 0.624. The van der Waals surface area contributed by atoms with Crippen molar-refractivity contribution in [3.05, 3.63) is 23.8 Å². The Balaban J connectivity index is 3.10. The molecule has 0 aliphatic carbocycles. The zero-order valence-electron chi connectivity index (χ0n) is 9.82. The molecule has 0 aliphatic rings. The highest BCUT2D eigenvalue weighted by molar-refractivity contribution is 7.80. The second-order valence-corrected chi connectivity index (χ2v) is 4.20. The third-order valence-electron chi connectivity index (χ3n) is 2.49. The Hall–Kier alpha value is -0.830. The molecule has 0 radical (unpaired) electrons. The smallest absolute Gasteiger partial charge is 0.122 e. The van der Waals surface area contributed by atoms with Crippen molar-refractivity contribution >= 4 is 18.3 Å². The lowest BCUT2D eigenvalue weighted by molar-refractivity contribution is 0.407. The largest absolute Gasteiger partial charge is 0.496 e. The maximum atomic E-state index is 5.34. The van der Waals surface area contributed by atoms with Crippen molar-refractivity contribution in [3.63, 3.8) is 0 Å². The second-order valence-electron chi connectivity index (χ2n) is 3.92. The molecule has 0 unspecified atom stereocenters. The van der Waals surface area contributed by atoms with E-state index in [1.807, 2.05) is 13.1 Å². The number of nitrogens with zero attached hydrogens (tertiary/aromatic N) is 1. The fourth-order valence-electron chi connectivity index (χ4n) is 1.49. The second kappa shape index (κ2) is 5.31. The fourth-order valence-corrected chi connectivity index (χ4v) is 1.66. The molecule has 0 amide bonds. The summed E-state index contributed by atoms with van der Waals surface area (Å²) in [5.41, 5.74) is 2.41. The molecule has 0 atom stereocenters. The van der Waals surface area contributed by atoms with E-state index in [-0.39, 0.29) is 0 Å². The van der Waals surface area contributed by atoms with Gasteiger partial charge in [0.1, 0.15) is 5.75 Å². The molecule has 0 heterocycles. The molecule has 3 heteroatoms. The summed E-state index contributed by atoms with van der Waals surface area (Å²) in [6.45, 7) is 4.34. The van der Waals surface area contributed by atoms with Crippen LogP contribution < -0.4 is 9.64 Å². The lowest BCUT2D eigenvalue weighted by Crippen LogP contribution is -2.14. The van der Waals surface area contributed by atoms with Gasteiger partial charge in [-0.05, 0) is 29.7 Å². The van der Waals surface area contributed by atoms with Crippen LogP contribution in [-0.2, 0) is 0 Å². The summed E-state index contributed by atoms with van der Waals surface area (Å²) in [6, 6.07) is 6.24. The number of thiol groups is 1. The van der Waals surface area contributed by atoms with Gasteiger partial charge in [-0.2, -0.15) is 12.6 Å². The third kappa shape index (κ3) is 2.81. The normalized spacial score (nSPS) is 10.5. The Morgan fingerprint density at radius 1 is 1.40 bits per heavy atom. The Morgan fingerprint density at radius 3 is 2.53 bits per heavy atom. The van der Waals surface area contributed by atoms with Crippen molar-refractivity contribution in [3.8, 4) is 5.75 Å². The number of benzene rings is 1. The van der Waals surface area contributed by atoms with Crippen LogP contribution in [0.3, 0.4) is 0 Å². The van der Waals surface area contributed by atoms with Gasteiger partial charge in [0, 0.05) is 12.7 Å². The minimum Gasteiger partial charge on any atom is -0.496 e. The summed E-state index contributed by atoms with van der Waals surface area (Å²) >= 11 is 4.26. The molecule has 15 heavy (non-hydrogen) atoms. The molecule has 0 saturated carbocycles. The standard InChI is InChI=1S/C12H19NOS/c1-9(2)11-7-10(13(3)8-15)5-6-12(11)14-4/h5-7,9,15H,8H2,1-4H3. The highest BCUT2D eigenvalue weighted by atomic mass is 32.1. The van der Waals surface area contributed by atoms with E-state index in [0.29, 0.717) is 11.8 Å². The number of methoxy groups -OCH3 is 1. The molecule has 1 aromatic rings. The Morgan fingerprint density at radius 2 is 2.07 bits per heavy atom. The Labute approximate surface area is 97.6 Å². The molecule has 0 aromatic heterocycles. The van der Waals surface area contributed by atoms with Gasteiger partial charge in [-0.15, -0.1) is 0 Å². The summed E-state index contributed by atoms with van der Waals surface area (Å²) in [7, 11) is 3.74. The van der Waals surface area contributed by atoms with E-state index >= 15 is 0 Å². The topological polar surface area (TPSA) is 12.5 Å². The average Bonchev–Trinajstić information content (AvgIpc) is 2.27. The number of anilines is 1. The van der Waals surface area contributed by atoms with Crippen LogP contribution >= 0.6 is 12.6 Å². The van der Waals surface area contributed by atoms with E-state index < -0.39 is 0 Å². The highest BCUT2D eigenvalue weighted by Gasteiger charge is 2.09. The molecule has 84 valence electrons. The van der Waals surface area contributed by atoms with Gasteiger partial charge in [0.25, 0.3) is 0 Å². The van der Waals surface area contributed by atoms with E-state index in [2.05, 4.69) is 43.5 Å². The predicted molar refractivity (Wildman–Crippen MR) is 69.3 cm³/mol. The Kier molecular flexibility index (Phi) is 4.33. The summed E-state index contributed by atoms with van der Waals surface area (Å²) in [5, 5.41) is 0. The van der Waals surface area contributed by atoms with Crippen molar-refractivity contribution in [1.29, 1.82) is 0 Å². The first-order valence-corrected chi connectivity index (χ1v) is 5.73. The van der Waals surface area contributed by atoms with Crippen molar-refractivity contribution in [2.45, 2.75) is 19.8 Å². The maximum absolute atomic E-state index is 5.34. The van der Waals surface area contributed by atoms with E-state index in [1.54, 1.807) is 7.11 Å². The molecule has 0 N–H and O–H groups in total. The molecular formula is C12H19NOS. The van der Waals surface area contributed by atoms with Crippen molar-refractivity contribution < 1.29 is 4.74 Å². The first-order valence-electron chi connectivity index (χ1n) is 5.10. The fraction of sp³-hybridized carbons (Fsp3) is 0.500. The van der Waals surface area contributed by atoms with Crippen LogP contribution in [0.25, 0.3) is 0 Å². The molecule has 2 nitrogen and oxygen atoms in total. The van der Waals surface area contributed by atoms with Gasteiger partial charge >= 0.3 is 0 Å². The first-order chi connectivity index (χ1) is 7.10.